The van der Waals surface area contributed by atoms with Crippen LogP contribution in [-0.4, -0.2) is 9.97 Å². The van der Waals surface area contributed by atoms with Crippen molar-refractivity contribution in [2.24, 2.45) is 0 Å². The number of anilines is 1. The minimum atomic E-state index is 0.348. The third-order valence-corrected chi connectivity index (χ3v) is 2.28. The van der Waals surface area contributed by atoms with E-state index in [2.05, 4.69) is 9.97 Å². The van der Waals surface area contributed by atoms with Gasteiger partial charge in [0, 0.05) is 5.02 Å². The highest BCUT2D eigenvalue weighted by Crippen LogP contribution is 2.28. The number of hydrogen-bond acceptors (Lipinski definition) is 4. The predicted molar refractivity (Wildman–Crippen MR) is 62.7 cm³/mol. The number of ether oxygens (including phenoxy) is 1. The molecule has 0 fully saturated rings. The molecule has 0 spiro atoms. The summed E-state index contributed by atoms with van der Waals surface area (Å²) < 4.78 is 5.56. The molecule has 0 saturated heterocycles. The van der Waals surface area contributed by atoms with Gasteiger partial charge < -0.3 is 10.5 Å². The number of benzene rings is 1. The van der Waals surface area contributed by atoms with E-state index in [-0.39, 0.29) is 0 Å². The Bertz CT molecular complexity index is 516. The number of nitrogen functional groups attached to an aromatic ring is 1. The molecular formula is C11H10ClN3O. The van der Waals surface area contributed by atoms with Gasteiger partial charge in [-0.3, -0.25) is 0 Å². The van der Waals surface area contributed by atoms with E-state index >= 15 is 0 Å². The number of nitrogens with zero attached hydrogens (tertiary/aromatic N) is 2. The first-order chi connectivity index (χ1) is 7.66. The molecule has 0 radical (unpaired) electrons. The first kappa shape index (κ1) is 10.7. The molecule has 1 aromatic heterocycles. The molecule has 0 amide bonds. The van der Waals surface area contributed by atoms with Crippen molar-refractivity contribution in [3.05, 3.63) is 41.3 Å². The smallest absolute Gasteiger partial charge is 0.245 e. The van der Waals surface area contributed by atoms with E-state index in [1.54, 1.807) is 12.1 Å². The molecule has 2 N–H and O–H groups in total. The minimum Gasteiger partial charge on any atom is -0.437 e. The summed E-state index contributed by atoms with van der Waals surface area (Å²) in [7, 11) is 0. The van der Waals surface area contributed by atoms with Crippen LogP contribution < -0.4 is 10.5 Å². The first-order valence-corrected chi connectivity index (χ1v) is 5.04. The van der Waals surface area contributed by atoms with Crippen LogP contribution in [0.25, 0.3) is 0 Å². The SMILES string of the molecule is Cc1cc(Cl)ccc1Oc1ncncc1N. The molecule has 0 aliphatic rings. The zero-order chi connectivity index (χ0) is 11.5. The fraction of sp³-hybridized carbons (Fsp3) is 0.0909. The zero-order valence-corrected chi connectivity index (χ0v) is 9.40. The van der Waals surface area contributed by atoms with Crippen molar-refractivity contribution in [1.29, 1.82) is 0 Å². The van der Waals surface area contributed by atoms with Gasteiger partial charge in [-0.25, -0.2) is 4.98 Å². The van der Waals surface area contributed by atoms with Crippen molar-refractivity contribution in [3.63, 3.8) is 0 Å². The summed E-state index contributed by atoms with van der Waals surface area (Å²) in [4.78, 5) is 7.73. The van der Waals surface area contributed by atoms with Crippen LogP contribution in [0.4, 0.5) is 5.69 Å². The van der Waals surface area contributed by atoms with Crippen LogP contribution in [0.5, 0.6) is 11.6 Å². The van der Waals surface area contributed by atoms with E-state index in [0.29, 0.717) is 22.3 Å². The number of halogens is 1. The first-order valence-electron chi connectivity index (χ1n) is 4.66. The van der Waals surface area contributed by atoms with Crippen LogP contribution in [-0.2, 0) is 0 Å². The molecule has 82 valence electrons. The Kier molecular flexibility index (Phi) is 2.92. The molecule has 0 aliphatic carbocycles. The summed E-state index contributed by atoms with van der Waals surface area (Å²) >= 11 is 5.85. The Labute approximate surface area is 98.0 Å². The number of rotatable bonds is 2. The average molecular weight is 236 g/mol. The van der Waals surface area contributed by atoms with Crippen molar-refractivity contribution in [2.45, 2.75) is 6.92 Å². The lowest BCUT2D eigenvalue weighted by Crippen LogP contribution is -1.96. The van der Waals surface area contributed by atoms with E-state index in [0.717, 1.165) is 5.56 Å². The summed E-state index contributed by atoms with van der Waals surface area (Å²) in [6.45, 7) is 1.90. The highest BCUT2D eigenvalue weighted by molar-refractivity contribution is 6.30. The second-order valence-electron chi connectivity index (χ2n) is 3.30. The van der Waals surface area contributed by atoms with Crippen LogP contribution in [0.1, 0.15) is 5.56 Å². The van der Waals surface area contributed by atoms with Gasteiger partial charge in [-0.1, -0.05) is 11.6 Å². The van der Waals surface area contributed by atoms with Gasteiger partial charge in [-0.05, 0) is 30.7 Å². The maximum absolute atomic E-state index is 5.85. The molecule has 0 aliphatic heterocycles. The lowest BCUT2D eigenvalue weighted by Gasteiger charge is -2.08. The number of aromatic nitrogens is 2. The lowest BCUT2D eigenvalue weighted by atomic mass is 10.2. The van der Waals surface area contributed by atoms with Crippen LogP contribution in [0.2, 0.25) is 5.02 Å². The quantitative estimate of drug-likeness (QED) is 0.870. The molecular weight excluding hydrogens is 226 g/mol. The van der Waals surface area contributed by atoms with Crippen LogP contribution in [0.15, 0.2) is 30.7 Å². The zero-order valence-electron chi connectivity index (χ0n) is 8.64. The Balaban J connectivity index is 2.31. The normalized spacial score (nSPS) is 10.1. The van der Waals surface area contributed by atoms with E-state index in [9.17, 15) is 0 Å². The predicted octanol–water partition coefficient (Wildman–Crippen LogP) is 2.81. The van der Waals surface area contributed by atoms with E-state index < -0.39 is 0 Å². The molecule has 1 heterocycles. The maximum Gasteiger partial charge on any atom is 0.245 e. The number of aryl methyl sites for hydroxylation is 1. The molecule has 0 bridgehead atoms. The monoisotopic (exact) mass is 235 g/mol. The van der Waals surface area contributed by atoms with Gasteiger partial charge in [0.1, 0.15) is 17.8 Å². The van der Waals surface area contributed by atoms with Crippen molar-refractivity contribution in [1.82, 2.24) is 9.97 Å². The van der Waals surface area contributed by atoms with Gasteiger partial charge in [-0.15, -0.1) is 0 Å². The summed E-state index contributed by atoms with van der Waals surface area (Å²) in [6.07, 6.45) is 2.88. The molecule has 1 aromatic carbocycles. The molecule has 0 saturated carbocycles. The van der Waals surface area contributed by atoms with Crippen LogP contribution in [0.3, 0.4) is 0 Å². The third kappa shape index (κ3) is 2.23. The van der Waals surface area contributed by atoms with Gasteiger partial charge in [0.2, 0.25) is 5.88 Å². The molecule has 4 nitrogen and oxygen atoms in total. The lowest BCUT2D eigenvalue weighted by molar-refractivity contribution is 0.461. The molecule has 16 heavy (non-hydrogen) atoms. The summed E-state index contributed by atoms with van der Waals surface area (Å²) in [6, 6.07) is 5.34. The summed E-state index contributed by atoms with van der Waals surface area (Å²) in [5.74, 6) is 1.02. The second kappa shape index (κ2) is 4.37. The molecule has 2 aromatic rings. The number of nitrogens with two attached hydrogens (primary N) is 1. The highest BCUT2D eigenvalue weighted by atomic mass is 35.5. The van der Waals surface area contributed by atoms with Crippen LogP contribution in [0, 0.1) is 6.92 Å². The maximum atomic E-state index is 5.85. The van der Waals surface area contributed by atoms with E-state index in [1.807, 2.05) is 13.0 Å². The molecule has 0 unspecified atom stereocenters. The summed E-state index contributed by atoms with van der Waals surface area (Å²) in [5.41, 5.74) is 6.99. The van der Waals surface area contributed by atoms with Gasteiger partial charge in [0.15, 0.2) is 0 Å². The standard InChI is InChI=1S/C11H10ClN3O/c1-7-4-8(12)2-3-10(7)16-11-9(13)5-14-6-15-11/h2-6H,13H2,1H3. The Morgan fingerprint density at radius 2 is 2.19 bits per heavy atom. The minimum absolute atomic E-state index is 0.348. The van der Waals surface area contributed by atoms with Crippen molar-refractivity contribution >= 4 is 17.3 Å². The van der Waals surface area contributed by atoms with Crippen LogP contribution >= 0.6 is 11.6 Å². The van der Waals surface area contributed by atoms with E-state index in [4.69, 9.17) is 22.1 Å². The second-order valence-corrected chi connectivity index (χ2v) is 3.73. The summed E-state index contributed by atoms with van der Waals surface area (Å²) in [5, 5.41) is 0.667. The van der Waals surface area contributed by atoms with Gasteiger partial charge in [0.05, 0.1) is 6.20 Å². The Hall–Kier alpha value is -1.81. The van der Waals surface area contributed by atoms with Gasteiger partial charge >= 0.3 is 0 Å². The van der Waals surface area contributed by atoms with Gasteiger partial charge in [0.25, 0.3) is 0 Å². The fourth-order valence-electron chi connectivity index (χ4n) is 1.25. The largest absolute Gasteiger partial charge is 0.437 e. The van der Waals surface area contributed by atoms with E-state index in [1.165, 1.54) is 12.5 Å². The fourth-order valence-corrected chi connectivity index (χ4v) is 1.47. The molecule has 0 atom stereocenters. The highest BCUT2D eigenvalue weighted by Gasteiger charge is 2.05. The van der Waals surface area contributed by atoms with Crippen molar-refractivity contribution in [2.75, 3.05) is 5.73 Å². The van der Waals surface area contributed by atoms with Crippen molar-refractivity contribution < 1.29 is 4.74 Å². The Morgan fingerprint density at radius 1 is 1.38 bits per heavy atom. The number of hydrogen-bond donors (Lipinski definition) is 1. The third-order valence-electron chi connectivity index (χ3n) is 2.05. The molecule has 5 heteroatoms. The average Bonchev–Trinajstić information content (AvgIpc) is 2.25. The topological polar surface area (TPSA) is 61.0 Å². The molecule has 2 rings (SSSR count). The van der Waals surface area contributed by atoms with Gasteiger partial charge in [-0.2, -0.15) is 4.98 Å². The van der Waals surface area contributed by atoms with Crippen molar-refractivity contribution in [3.8, 4) is 11.6 Å². The Morgan fingerprint density at radius 3 is 2.88 bits per heavy atom.